The molecule has 3 aliphatic rings. The van der Waals surface area contributed by atoms with E-state index in [0.717, 1.165) is 6.42 Å². The maximum Gasteiger partial charge on any atom is 0.333 e. The molecule has 2 saturated carbocycles. The first-order valence-corrected chi connectivity index (χ1v) is 10.1. The maximum absolute atomic E-state index is 12.9. The molecule has 5 atom stereocenters. The molecule has 6 nitrogen and oxygen atoms in total. The molecule has 1 aliphatic heterocycles. The van der Waals surface area contributed by atoms with Crippen molar-refractivity contribution in [2.24, 2.45) is 11.3 Å². The van der Waals surface area contributed by atoms with Gasteiger partial charge in [-0.2, -0.15) is 0 Å². The zero-order valence-corrected chi connectivity index (χ0v) is 18.0. The van der Waals surface area contributed by atoms with Crippen LogP contribution in [0.3, 0.4) is 0 Å². The molecule has 0 radical (unpaired) electrons. The van der Waals surface area contributed by atoms with Crippen LogP contribution in [0.25, 0.3) is 0 Å². The molecule has 0 aromatic rings. The quantitative estimate of drug-likeness (QED) is 0.415. The normalized spacial score (nSPS) is 42.0. The van der Waals surface area contributed by atoms with Gasteiger partial charge in [0, 0.05) is 24.8 Å². The van der Waals surface area contributed by atoms with Gasteiger partial charge in [-0.25, -0.2) is 4.79 Å². The van der Waals surface area contributed by atoms with Gasteiger partial charge in [0.05, 0.1) is 0 Å². The van der Waals surface area contributed by atoms with E-state index in [0.29, 0.717) is 24.8 Å². The molecule has 1 spiro atoms. The van der Waals surface area contributed by atoms with Gasteiger partial charge < -0.3 is 14.2 Å². The Bertz CT molecular complexity index is 752. The van der Waals surface area contributed by atoms with Crippen LogP contribution in [0.15, 0.2) is 11.6 Å². The van der Waals surface area contributed by atoms with E-state index in [1.807, 2.05) is 20.8 Å². The highest BCUT2D eigenvalue weighted by molar-refractivity contribution is 5.93. The van der Waals surface area contributed by atoms with Crippen molar-refractivity contribution in [3.63, 3.8) is 0 Å². The van der Waals surface area contributed by atoms with Crippen LogP contribution in [-0.2, 0) is 28.6 Å². The van der Waals surface area contributed by atoms with Crippen LogP contribution in [0, 0.1) is 11.3 Å². The molecule has 0 unspecified atom stereocenters. The molecule has 156 valence electrons. The summed E-state index contributed by atoms with van der Waals surface area (Å²) in [5.74, 6) is -0.848. The van der Waals surface area contributed by atoms with Gasteiger partial charge in [-0.15, -0.1) is 0 Å². The SMILES string of the molecule is C/C=C(/C)C(=O)O[C@@H]1CC[C@]2(C)CC(=O)[C@]3(C[C@H]2[C@]1(C)OC(C)=O)OC3(C)C. The van der Waals surface area contributed by atoms with Crippen LogP contribution in [-0.4, -0.2) is 40.6 Å². The number of hydrogen-bond acceptors (Lipinski definition) is 6. The third kappa shape index (κ3) is 3.00. The molecule has 0 amide bonds. The molecule has 0 aromatic carbocycles. The standard InChI is InChI=1S/C22H32O6/c1-8-13(2)18(25)26-17-9-10-20(6)12-16(24)22(19(4,5)28-22)11-15(20)21(17,7)27-14(3)23/h8,15,17H,9-12H2,1-7H3/b13-8-/t15-,17-,20-,21+,22+/m1/s1. The lowest BCUT2D eigenvalue weighted by molar-refractivity contribution is -0.221. The third-order valence-electron chi connectivity index (χ3n) is 7.38. The number of ether oxygens (including phenoxy) is 3. The van der Waals surface area contributed by atoms with Gasteiger partial charge in [-0.1, -0.05) is 13.0 Å². The minimum Gasteiger partial charge on any atom is -0.455 e. The van der Waals surface area contributed by atoms with E-state index in [4.69, 9.17) is 14.2 Å². The molecular formula is C22H32O6. The Kier molecular flexibility index (Phi) is 4.81. The van der Waals surface area contributed by atoms with Crippen molar-refractivity contribution < 1.29 is 28.6 Å². The van der Waals surface area contributed by atoms with Crippen LogP contribution in [0.1, 0.15) is 74.1 Å². The fourth-order valence-corrected chi connectivity index (χ4v) is 5.46. The number of esters is 2. The fourth-order valence-electron chi connectivity index (χ4n) is 5.46. The number of ketones is 1. The zero-order chi connectivity index (χ0) is 21.1. The lowest BCUT2D eigenvalue weighted by atomic mass is 9.51. The minimum absolute atomic E-state index is 0.127. The van der Waals surface area contributed by atoms with Crippen LogP contribution in [0.5, 0.6) is 0 Å². The van der Waals surface area contributed by atoms with E-state index in [9.17, 15) is 14.4 Å². The van der Waals surface area contributed by atoms with Crippen molar-refractivity contribution in [1.29, 1.82) is 0 Å². The number of hydrogen-bond donors (Lipinski definition) is 0. The molecule has 1 heterocycles. The molecule has 0 aromatic heterocycles. The van der Waals surface area contributed by atoms with E-state index in [-0.39, 0.29) is 17.1 Å². The number of carbonyl (C=O) groups excluding carboxylic acids is 3. The van der Waals surface area contributed by atoms with Crippen molar-refractivity contribution >= 4 is 17.7 Å². The van der Waals surface area contributed by atoms with Crippen molar-refractivity contribution in [1.82, 2.24) is 0 Å². The molecule has 3 fully saturated rings. The predicted octanol–water partition coefficient (Wildman–Crippen LogP) is 3.51. The lowest BCUT2D eigenvalue weighted by Crippen LogP contribution is -2.64. The Morgan fingerprint density at radius 3 is 2.29 bits per heavy atom. The highest BCUT2D eigenvalue weighted by atomic mass is 16.6. The van der Waals surface area contributed by atoms with Gasteiger partial charge in [-0.3, -0.25) is 9.59 Å². The Labute approximate surface area is 167 Å². The fraction of sp³-hybridized carbons (Fsp3) is 0.773. The first-order chi connectivity index (χ1) is 12.8. The van der Waals surface area contributed by atoms with E-state index in [1.165, 1.54) is 6.92 Å². The van der Waals surface area contributed by atoms with Gasteiger partial charge in [0.25, 0.3) is 0 Å². The maximum atomic E-state index is 12.9. The Morgan fingerprint density at radius 2 is 1.79 bits per heavy atom. The third-order valence-corrected chi connectivity index (χ3v) is 7.38. The van der Waals surface area contributed by atoms with Crippen molar-refractivity contribution in [3.05, 3.63) is 11.6 Å². The van der Waals surface area contributed by atoms with Crippen LogP contribution in [0.4, 0.5) is 0 Å². The molecular weight excluding hydrogens is 360 g/mol. The van der Waals surface area contributed by atoms with Crippen molar-refractivity contribution in [2.45, 2.75) is 97.1 Å². The summed E-state index contributed by atoms with van der Waals surface area (Å²) in [6.45, 7) is 12.6. The Morgan fingerprint density at radius 1 is 1.18 bits per heavy atom. The number of rotatable bonds is 3. The Balaban J connectivity index is 1.98. The summed E-state index contributed by atoms with van der Waals surface area (Å²) in [4.78, 5) is 37.4. The summed E-state index contributed by atoms with van der Waals surface area (Å²) in [7, 11) is 0. The molecule has 6 heteroatoms. The molecule has 0 bridgehead atoms. The van der Waals surface area contributed by atoms with E-state index >= 15 is 0 Å². The summed E-state index contributed by atoms with van der Waals surface area (Å²) in [5.41, 5.74) is -2.18. The summed E-state index contributed by atoms with van der Waals surface area (Å²) >= 11 is 0. The largest absolute Gasteiger partial charge is 0.455 e. The van der Waals surface area contributed by atoms with Crippen LogP contribution >= 0.6 is 0 Å². The van der Waals surface area contributed by atoms with Gasteiger partial charge in [0.1, 0.15) is 17.3 Å². The van der Waals surface area contributed by atoms with Crippen molar-refractivity contribution in [2.75, 3.05) is 0 Å². The Hall–Kier alpha value is -1.69. The highest BCUT2D eigenvalue weighted by Crippen LogP contribution is 2.64. The topological polar surface area (TPSA) is 82.2 Å². The average Bonchev–Trinajstić information content (AvgIpc) is 3.14. The molecule has 1 saturated heterocycles. The van der Waals surface area contributed by atoms with Gasteiger partial charge in [0.15, 0.2) is 11.4 Å². The second-order valence-corrected chi connectivity index (χ2v) is 9.63. The van der Waals surface area contributed by atoms with Crippen molar-refractivity contribution in [3.8, 4) is 0 Å². The van der Waals surface area contributed by atoms with Crippen LogP contribution in [0.2, 0.25) is 0 Å². The minimum atomic E-state index is -1.02. The molecule has 0 N–H and O–H groups in total. The number of fused-ring (bicyclic) bond motifs is 1. The second kappa shape index (κ2) is 6.41. The first-order valence-electron chi connectivity index (χ1n) is 10.1. The highest BCUT2D eigenvalue weighted by Gasteiger charge is 2.75. The smallest absolute Gasteiger partial charge is 0.333 e. The summed E-state index contributed by atoms with van der Waals surface area (Å²) in [6, 6.07) is 0. The number of epoxide rings is 1. The summed E-state index contributed by atoms with van der Waals surface area (Å²) in [5, 5.41) is 0. The first kappa shape index (κ1) is 21.0. The van der Waals surface area contributed by atoms with Crippen LogP contribution < -0.4 is 0 Å². The monoisotopic (exact) mass is 392 g/mol. The zero-order valence-electron chi connectivity index (χ0n) is 18.0. The van der Waals surface area contributed by atoms with E-state index in [1.54, 1.807) is 19.9 Å². The summed E-state index contributed by atoms with van der Waals surface area (Å²) < 4.78 is 17.6. The number of carbonyl (C=O) groups is 3. The lowest BCUT2D eigenvalue weighted by Gasteiger charge is -2.56. The molecule has 3 rings (SSSR count). The van der Waals surface area contributed by atoms with Gasteiger partial charge in [0.2, 0.25) is 0 Å². The second-order valence-electron chi connectivity index (χ2n) is 9.63. The number of Topliss-reactive ketones (excluding diaryl/α,β-unsaturated/α-hetero) is 1. The van der Waals surface area contributed by atoms with E-state index < -0.39 is 34.8 Å². The van der Waals surface area contributed by atoms with Gasteiger partial charge in [-0.05, 0) is 59.3 Å². The molecule has 28 heavy (non-hydrogen) atoms. The predicted molar refractivity (Wildman–Crippen MR) is 102 cm³/mol. The molecule has 2 aliphatic carbocycles. The average molecular weight is 392 g/mol. The number of allylic oxidation sites excluding steroid dienone is 1. The van der Waals surface area contributed by atoms with E-state index in [2.05, 4.69) is 6.92 Å². The summed E-state index contributed by atoms with van der Waals surface area (Å²) in [6.07, 6.45) is 3.26. The van der Waals surface area contributed by atoms with Gasteiger partial charge >= 0.3 is 11.9 Å².